The highest BCUT2D eigenvalue weighted by atomic mass is 16.5. The first-order chi connectivity index (χ1) is 15.2. The molecular formula is C24H26N4O3. The number of fused-ring (bicyclic) bond motifs is 2. The fourth-order valence-electron chi connectivity index (χ4n) is 4.19. The van der Waals surface area contributed by atoms with Gasteiger partial charge in [-0.15, -0.1) is 0 Å². The summed E-state index contributed by atoms with van der Waals surface area (Å²) in [5, 5.41) is 5.25. The molecule has 0 aliphatic carbocycles. The molecule has 4 aromatic rings. The minimum absolute atomic E-state index is 0.0964. The zero-order valence-electron chi connectivity index (χ0n) is 17.7. The number of piperidine rings is 1. The van der Waals surface area contributed by atoms with Gasteiger partial charge < -0.3 is 24.5 Å². The fourth-order valence-corrected chi connectivity index (χ4v) is 4.19. The van der Waals surface area contributed by atoms with Gasteiger partial charge in [-0.05, 0) is 69.1 Å². The van der Waals surface area contributed by atoms with E-state index in [1.807, 2.05) is 42.6 Å². The smallest absolute Gasteiger partial charge is 0.230 e. The van der Waals surface area contributed by atoms with Crippen molar-refractivity contribution in [2.45, 2.75) is 25.9 Å². The van der Waals surface area contributed by atoms with Crippen molar-refractivity contribution >= 4 is 21.8 Å². The molecule has 3 heterocycles. The third kappa shape index (κ3) is 4.01. The second kappa shape index (κ2) is 8.43. The van der Waals surface area contributed by atoms with Crippen LogP contribution in [0.25, 0.3) is 21.8 Å². The topological polar surface area (TPSA) is 81.3 Å². The van der Waals surface area contributed by atoms with Crippen molar-refractivity contribution in [3.05, 3.63) is 48.9 Å². The molecule has 1 fully saturated rings. The molecule has 0 amide bonds. The molecule has 7 nitrogen and oxygen atoms in total. The van der Waals surface area contributed by atoms with Gasteiger partial charge in [0.1, 0.15) is 12.1 Å². The number of nitrogens with zero attached hydrogens (tertiary/aromatic N) is 2. The molecule has 2 aromatic heterocycles. The summed E-state index contributed by atoms with van der Waals surface area (Å²) in [5.74, 6) is 3.06. The summed E-state index contributed by atoms with van der Waals surface area (Å²) in [6.07, 6.45) is 5.75. The van der Waals surface area contributed by atoms with Crippen molar-refractivity contribution in [3.63, 3.8) is 0 Å². The van der Waals surface area contributed by atoms with Crippen LogP contribution in [-0.2, 0) is 0 Å². The Balaban J connectivity index is 1.45. The van der Waals surface area contributed by atoms with Gasteiger partial charge in [-0.1, -0.05) is 0 Å². The normalized spacial score (nSPS) is 15.8. The van der Waals surface area contributed by atoms with Crippen molar-refractivity contribution in [2.24, 2.45) is 5.92 Å². The molecule has 1 aliphatic rings. The van der Waals surface area contributed by atoms with E-state index in [1.54, 1.807) is 7.11 Å². The standard InChI is InChI=1S/C24H26N4O3/c1-15(16-5-8-25-9-6-16)30-23-13-21-19(12-22(23)29-2)24(28-14-27-21)31-18-3-4-20-17(11-18)7-10-26-20/h3-4,7,10-16,25-26H,5-6,8-9H2,1-2H3. The highest BCUT2D eigenvalue weighted by Gasteiger charge is 2.23. The Morgan fingerprint density at radius 1 is 1.03 bits per heavy atom. The van der Waals surface area contributed by atoms with Crippen molar-refractivity contribution in [1.82, 2.24) is 20.3 Å². The number of methoxy groups -OCH3 is 1. The maximum Gasteiger partial charge on any atom is 0.230 e. The van der Waals surface area contributed by atoms with Crippen molar-refractivity contribution in [1.29, 1.82) is 0 Å². The SMILES string of the molecule is COc1cc2c(Oc3ccc4[nH]ccc4c3)ncnc2cc1OC(C)C1CCNCC1. The molecule has 2 aromatic carbocycles. The van der Waals surface area contributed by atoms with Crippen molar-refractivity contribution in [2.75, 3.05) is 20.2 Å². The predicted octanol–water partition coefficient (Wildman–Crippen LogP) is 4.68. The van der Waals surface area contributed by atoms with Crippen LogP contribution in [0.1, 0.15) is 19.8 Å². The molecule has 0 spiro atoms. The molecule has 2 N–H and O–H groups in total. The van der Waals surface area contributed by atoms with Gasteiger partial charge >= 0.3 is 0 Å². The largest absolute Gasteiger partial charge is 0.493 e. The fraction of sp³-hybridized carbons (Fsp3) is 0.333. The van der Waals surface area contributed by atoms with Crippen LogP contribution in [0, 0.1) is 5.92 Å². The third-order valence-electron chi connectivity index (χ3n) is 5.98. The molecule has 0 bridgehead atoms. The van der Waals surface area contributed by atoms with Gasteiger partial charge in [0.2, 0.25) is 5.88 Å². The third-order valence-corrected chi connectivity index (χ3v) is 5.98. The van der Waals surface area contributed by atoms with Crippen molar-refractivity contribution in [3.8, 4) is 23.1 Å². The highest BCUT2D eigenvalue weighted by Crippen LogP contribution is 2.37. The van der Waals surface area contributed by atoms with Crippen LogP contribution in [0.2, 0.25) is 0 Å². The lowest BCUT2D eigenvalue weighted by Gasteiger charge is -2.29. The van der Waals surface area contributed by atoms with Crippen LogP contribution in [0.3, 0.4) is 0 Å². The van der Waals surface area contributed by atoms with Crippen LogP contribution >= 0.6 is 0 Å². The summed E-state index contributed by atoms with van der Waals surface area (Å²) in [6.45, 7) is 4.21. The molecule has 5 rings (SSSR count). The summed E-state index contributed by atoms with van der Waals surface area (Å²) in [4.78, 5) is 12.0. The lowest BCUT2D eigenvalue weighted by molar-refractivity contribution is 0.124. The van der Waals surface area contributed by atoms with Gasteiger partial charge in [-0.2, -0.15) is 0 Å². The number of aromatic nitrogens is 3. The molecule has 1 aliphatic heterocycles. The summed E-state index contributed by atoms with van der Waals surface area (Å²) in [7, 11) is 1.65. The number of benzene rings is 2. The summed E-state index contributed by atoms with van der Waals surface area (Å²) in [5.41, 5.74) is 1.81. The van der Waals surface area contributed by atoms with E-state index in [1.165, 1.54) is 6.33 Å². The average Bonchev–Trinajstić information content (AvgIpc) is 3.27. The number of H-pyrrole nitrogens is 1. The highest BCUT2D eigenvalue weighted by molar-refractivity contribution is 5.87. The minimum Gasteiger partial charge on any atom is -0.493 e. The van der Waals surface area contributed by atoms with E-state index in [4.69, 9.17) is 14.2 Å². The molecule has 0 radical (unpaired) electrons. The van der Waals surface area contributed by atoms with E-state index < -0.39 is 0 Å². The van der Waals surface area contributed by atoms with E-state index in [0.29, 0.717) is 29.0 Å². The number of hydrogen-bond acceptors (Lipinski definition) is 6. The number of rotatable bonds is 6. The molecular weight excluding hydrogens is 392 g/mol. The molecule has 1 atom stereocenters. The van der Waals surface area contributed by atoms with Crippen LogP contribution in [-0.4, -0.2) is 41.3 Å². The van der Waals surface area contributed by atoms with E-state index in [0.717, 1.165) is 47.7 Å². The zero-order chi connectivity index (χ0) is 21.2. The Morgan fingerprint density at radius 3 is 2.74 bits per heavy atom. The number of nitrogens with one attached hydrogen (secondary N) is 2. The minimum atomic E-state index is 0.0964. The van der Waals surface area contributed by atoms with Crippen molar-refractivity contribution < 1.29 is 14.2 Å². The van der Waals surface area contributed by atoms with E-state index in [9.17, 15) is 0 Å². The van der Waals surface area contributed by atoms with E-state index in [-0.39, 0.29) is 6.10 Å². The van der Waals surface area contributed by atoms with Gasteiger partial charge in [0, 0.05) is 23.2 Å². The second-order valence-electron chi connectivity index (χ2n) is 7.94. The Labute approximate surface area is 180 Å². The first-order valence-electron chi connectivity index (χ1n) is 10.7. The van der Waals surface area contributed by atoms with Gasteiger partial charge in [0.05, 0.1) is 24.1 Å². The monoisotopic (exact) mass is 418 g/mol. The molecule has 160 valence electrons. The molecule has 0 saturated carbocycles. The van der Waals surface area contributed by atoms with E-state index >= 15 is 0 Å². The average molecular weight is 418 g/mol. The van der Waals surface area contributed by atoms with Crippen LogP contribution in [0.15, 0.2) is 48.9 Å². The number of ether oxygens (including phenoxy) is 3. The Bertz CT molecular complexity index is 1200. The van der Waals surface area contributed by atoms with Gasteiger partial charge in [-0.3, -0.25) is 0 Å². The molecule has 7 heteroatoms. The Kier molecular flexibility index (Phi) is 5.34. The predicted molar refractivity (Wildman–Crippen MR) is 120 cm³/mol. The van der Waals surface area contributed by atoms with Gasteiger partial charge in [-0.25, -0.2) is 9.97 Å². The first kappa shape index (κ1) is 19.6. The first-order valence-corrected chi connectivity index (χ1v) is 10.7. The molecule has 31 heavy (non-hydrogen) atoms. The summed E-state index contributed by atoms with van der Waals surface area (Å²) >= 11 is 0. The Morgan fingerprint density at radius 2 is 1.90 bits per heavy atom. The Hall–Kier alpha value is -3.32. The van der Waals surface area contributed by atoms with E-state index in [2.05, 4.69) is 27.2 Å². The summed E-state index contributed by atoms with van der Waals surface area (Å²) < 4.78 is 18.1. The lowest BCUT2D eigenvalue weighted by atomic mass is 9.93. The van der Waals surface area contributed by atoms with Gasteiger partial charge in [0.15, 0.2) is 11.5 Å². The van der Waals surface area contributed by atoms with Crippen LogP contribution < -0.4 is 19.5 Å². The second-order valence-corrected chi connectivity index (χ2v) is 7.94. The zero-order valence-corrected chi connectivity index (χ0v) is 17.7. The maximum atomic E-state index is 6.32. The van der Waals surface area contributed by atoms with Crippen LogP contribution in [0.4, 0.5) is 0 Å². The quantitative estimate of drug-likeness (QED) is 0.473. The van der Waals surface area contributed by atoms with Gasteiger partial charge in [0.25, 0.3) is 0 Å². The van der Waals surface area contributed by atoms with Crippen LogP contribution in [0.5, 0.6) is 23.1 Å². The number of hydrogen-bond donors (Lipinski definition) is 2. The molecule has 1 saturated heterocycles. The summed E-state index contributed by atoms with van der Waals surface area (Å²) in [6, 6.07) is 11.7. The molecule has 1 unspecified atom stereocenters. The lowest BCUT2D eigenvalue weighted by Crippen LogP contribution is -2.35. The number of aromatic amines is 1. The maximum absolute atomic E-state index is 6.32.